The Kier molecular flexibility index (Phi) is 4.16. The zero-order valence-electron chi connectivity index (χ0n) is 11.4. The van der Waals surface area contributed by atoms with Gasteiger partial charge in [0.25, 0.3) is 0 Å². The Bertz CT molecular complexity index is 485. The van der Waals surface area contributed by atoms with Crippen molar-refractivity contribution in [2.45, 2.75) is 38.2 Å². The number of nitrogens with one attached hydrogen (secondary N) is 1. The van der Waals surface area contributed by atoms with Crippen molar-refractivity contribution in [1.82, 2.24) is 0 Å². The van der Waals surface area contributed by atoms with Gasteiger partial charge < -0.3 is 10.4 Å². The second-order valence-corrected chi connectivity index (χ2v) is 6.07. The van der Waals surface area contributed by atoms with Crippen molar-refractivity contribution >= 4 is 23.1 Å². The summed E-state index contributed by atoms with van der Waals surface area (Å²) in [6.45, 7) is 4.73. The lowest BCUT2D eigenvalue weighted by Gasteiger charge is -2.32. The fourth-order valence-corrected chi connectivity index (χ4v) is 2.57. The number of aliphatic hydroxyl groups excluding tert-OH is 1. The number of rotatable bonds is 4. The van der Waals surface area contributed by atoms with Gasteiger partial charge in [0.05, 0.1) is 12.0 Å². The Balaban J connectivity index is 2.23. The van der Waals surface area contributed by atoms with E-state index in [1.54, 1.807) is 0 Å². The fraction of sp³-hybridized carbons (Fsp3) is 0.533. The van der Waals surface area contributed by atoms with Gasteiger partial charge in [0.2, 0.25) is 0 Å². The predicted molar refractivity (Wildman–Crippen MR) is 78.2 cm³/mol. The molecule has 0 amide bonds. The van der Waals surface area contributed by atoms with Crippen molar-refractivity contribution in [3.8, 4) is 0 Å². The van der Waals surface area contributed by atoms with Gasteiger partial charge in [-0.15, -0.1) is 11.6 Å². The first-order valence-electron chi connectivity index (χ1n) is 6.59. The summed E-state index contributed by atoms with van der Waals surface area (Å²) >= 11 is 5.55. The first-order valence-corrected chi connectivity index (χ1v) is 7.13. The molecule has 0 heterocycles. The monoisotopic (exact) mass is 281 g/mol. The van der Waals surface area contributed by atoms with Gasteiger partial charge in [-0.2, -0.15) is 0 Å². The van der Waals surface area contributed by atoms with Crippen LogP contribution in [0.15, 0.2) is 18.2 Å². The molecule has 4 heteroatoms. The molecule has 1 unspecified atom stereocenters. The number of halogens is 1. The molecule has 0 saturated carbocycles. The molecule has 2 N–H and O–H groups in total. The maximum atomic E-state index is 12.0. The second kappa shape index (κ2) is 5.51. The summed E-state index contributed by atoms with van der Waals surface area (Å²) in [5.41, 5.74) is 2.83. The average Bonchev–Trinajstić information content (AvgIpc) is 2.40. The number of aliphatic hydroxyl groups is 1. The molecule has 0 fully saturated rings. The van der Waals surface area contributed by atoms with Gasteiger partial charge >= 0.3 is 0 Å². The zero-order valence-corrected chi connectivity index (χ0v) is 12.1. The minimum absolute atomic E-state index is 0.0530. The Morgan fingerprint density at radius 1 is 1.47 bits per heavy atom. The van der Waals surface area contributed by atoms with Crippen molar-refractivity contribution in [3.05, 3.63) is 29.3 Å². The molecule has 1 aliphatic rings. The lowest BCUT2D eigenvalue weighted by atomic mass is 9.72. The van der Waals surface area contributed by atoms with Crippen LogP contribution in [0.1, 0.15) is 42.6 Å². The summed E-state index contributed by atoms with van der Waals surface area (Å²) < 4.78 is 0. The third kappa shape index (κ3) is 3.10. The molecule has 0 radical (unpaired) electrons. The van der Waals surface area contributed by atoms with Crippen LogP contribution in [0.2, 0.25) is 0 Å². The van der Waals surface area contributed by atoms with Gasteiger partial charge in [-0.25, -0.2) is 0 Å². The highest BCUT2D eigenvalue weighted by Gasteiger charge is 2.31. The quantitative estimate of drug-likeness (QED) is 0.834. The van der Waals surface area contributed by atoms with E-state index in [4.69, 9.17) is 11.6 Å². The number of alkyl halides is 1. The van der Waals surface area contributed by atoms with Gasteiger partial charge in [0.1, 0.15) is 0 Å². The van der Waals surface area contributed by atoms with E-state index in [2.05, 4.69) is 19.2 Å². The molecule has 0 bridgehead atoms. The Hall–Kier alpha value is -1.06. The number of benzene rings is 1. The number of fused-ring (bicyclic) bond motifs is 1. The number of carbonyl (C=O) groups excluding carboxylic acids is 1. The molecule has 1 aromatic carbocycles. The van der Waals surface area contributed by atoms with E-state index < -0.39 is 6.10 Å². The minimum atomic E-state index is -0.579. The minimum Gasteiger partial charge on any atom is -0.390 e. The van der Waals surface area contributed by atoms with E-state index in [1.165, 1.54) is 0 Å². The summed E-state index contributed by atoms with van der Waals surface area (Å²) in [6, 6.07) is 5.86. The molecular weight excluding hydrogens is 262 g/mol. The van der Waals surface area contributed by atoms with E-state index in [0.29, 0.717) is 13.0 Å². The van der Waals surface area contributed by atoms with Crippen LogP contribution in [0.25, 0.3) is 0 Å². The van der Waals surface area contributed by atoms with E-state index in [1.807, 2.05) is 18.2 Å². The number of anilines is 1. The van der Waals surface area contributed by atoms with Gasteiger partial charge in [0.15, 0.2) is 5.78 Å². The Labute approximate surface area is 119 Å². The van der Waals surface area contributed by atoms with Crippen molar-refractivity contribution in [2.75, 3.05) is 17.7 Å². The van der Waals surface area contributed by atoms with E-state index >= 15 is 0 Å². The van der Waals surface area contributed by atoms with Crippen molar-refractivity contribution in [2.24, 2.45) is 0 Å². The number of ketones is 1. The summed E-state index contributed by atoms with van der Waals surface area (Å²) in [6.07, 6.45) is 0.925. The molecule has 19 heavy (non-hydrogen) atoms. The highest BCUT2D eigenvalue weighted by Crippen LogP contribution is 2.37. The summed E-state index contributed by atoms with van der Waals surface area (Å²) in [4.78, 5) is 12.0. The number of carbonyl (C=O) groups is 1. The van der Waals surface area contributed by atoms with Crippen LogP contribution in [-0.2, 0) is 5.41 Å². The fourth-order valence-electron chi connectivity index (χ4n) is 2.46. The smallest absolute Gasteiger partial charge is 0.163 e. The van der Waals surface area contributed by atoms with Gasteiger partial charge in [-0.05, 0) is 29.5 Å². The van der Waals surface area contributed by atoms with Gasteiger partial charge in [-0.1, -0.05) is 19.9 Å². The third-order valence-electron chi connectivity index (χ3n) is 3.75. The zero-order chi connectivity index (χ0) is 14.0. The predicted octanol–water partition coefficient (Wildman–Crippen LogP) is 2.95. The van der Waals surface area contributed by atoms with Crippen molar-refractivity contribution in [3.63, 3.8) is 0 Å². The van der Waals surface area contributed by atoms with Crippen LogP contribution in [0, 0.1) is 0 Å². The molecule has 0 aliphatic heterocycles. The molecule has 1 atom stereocenters. The second-order valence-electron chi connectivity index (χ2n) is 5.76. The lowest BCUT2D eigenvalue weighted by Crippen LogP contribution is -2.27. The van der Waals surface area contributed by atoms with Crippen molar-refractivity contribution < 1.29 is 9.90 Å². The van der Waals surface area contributed by atoms with E-state index in [9.17, 15) is 9.90 Å². The number of Topliss-reactive ketones (excluding diaryl/α,β-unsaturated/α-hetero) is 1. The van der Waals surface area contributed by atoms with Gasteiger partial charge in [-0.3, -0.25) is 4.79 Å². The molecule has 1 aromatic rings. The molecule has 1 aliphatic carbocycles. The summed E-state index contributed by atoms with van der Waals surface area (Å²) in [7, 11) is 0. The molecule has 0 spiro atoms. The normalized spacial score (nSPS) is 18.8. The summed E-state index contributed by atoms with van der Waals surface area (Å²) in [5.74, 6) is 0.403. The Morgan fingerprint density at radius 2 is 2.21 bits per heavy atom. The molecule has 2 rings (SSSR count). The van der Waals surface area contributed by atoms with Crippen LogP contribution >= 0.6 is 11.6 Å². The van der Waals surface area contributed by atoms with Crippen molar-refractivity contribution in [1.29, 1.82) is 0 Å². The topological polar surface area (TPSA) is 49.3 Å². The van der Waals surface area contributed by atoms with E-state index in [0.717, 1.165) is 23.2 Å². The molecule has 104 valence electrons. The maximum Gasteiger partial charge on any atom is 0.163 e. The first-order chi connectivity index (χ1) is 8.94. The molecule has 0 aromatic heterocycles. The molecular formula is C15H20ClNO2. The van der Waals surface area contributed by atoms with Crippen LogP contribution in [0.3, 0.4) is 0 Å². The number of hydrogen-bond acceptors (Lipinski definition) is 3. The highest BCUT2D eigenvalue weighted by atomic mass is 35.5. The molecule has 3 nitrogen and oxygen atoms in total. The first kappa shape index (κ1) is 14.4. The van der Waals surface area contributed by atoms with Crippen LogP contribution in [-0.4, -0.2) is 29.4 Å². The largest absolute Gasteiger partial charge is 0.390 e. The van der Waals surface area contributed by atoms with Crippen LogP contribution in [0.5, 0.6) is 0 Å². The maximum absolute atomic E-state index is 12.0. The average molecular weight is 282 g/mol. The molecule has 0 saturated heterocycles. The standard InChI is InChI=1S/C15H20ClNO2/c1-15(2)6-5-14(19)12-7-10(3-4-13(12)15)17-9-11(18)8-16/h3-4,7,11,17-18H,5-6,8-9H2,1-2H3. The highest BCUT2D eigenvalue weighted by molar-refractivity contribution is 6.18. The Morgan fingerprint density at radius 3 is 2.89 bits per heavy atom. The third-order valence-corrected chi connectivity index (χ3v) is 4.10. The van der Waals surface area contributed by atoms with Crippen LogP contribution in [0.4, 0.5) is 5.69 Å². The summed E-state index contributed by atoms with van der Waals surface area (Å²) in [5, 5.41) is 12.5. The SMILES string of the molecule is CC1(C)CCC(=O)c2cc(NCC(O)CCl)ccc21. The van der Waals surface area contributed by atoms with E-state index in [-0.39, 0.29) is 17.1 Å². The number of hydrogen-bond donors (Lipinski definition) is 2. The van der Waals surface area contributed by atoms with Gasteiger partial charge in [0, 0.05) is 24.2 Å². The van der Waals surface area contributed by atoms with Crippen LogP contribution < -0.4 is 5.32 Å². The lowest BCUT2D eigenvalue weighted by molar-refractivity contribution is 0.0957.